The van der Waals surface area contributed by atoms with E-state index >= 15 is 0 Å². The Morgan fingerprint density at radius 1 is 0.875 bits per heavy atom. The molecule has 0 spiro atoms. The first-order chi connectivity index (χ1) is 11.4. The largest absolute Gasteiger partial charge is 0.522 e. The third-order valence-electron chi connectivity index (χ3n) is 2.75. The number of para-hydroxylation sites is 2. The average Bonchev–Trinajstić information content (AvgIpc) is 2.54. The van der Waals surface area contributed by atoms with Gasteiger partial charge < -0.3 is 14.2 Å². The lowest BCUT2D eigenvalue weighted by molar-refractivity contribution is 0.136. The third kappa shape index (κ3) is 6.52. The molecule has 0 saturated heterocycles. The zero-order valence-electron chi connectivity index (χ0n) is 14.1. The van der Waals surface area contributed by atoms with Crippen LogP contribution in [0.3, 0.4) is 0 Å². The Bertz CT molecular complexity index is 676. The molecule has 2 aromatic rings. The van der Waals surface area contributed by atoms with Gasteiger partial charge in [0.1, 0.15) is 11.5 Å². The highest BCUT2D eigenvalue weighted by Crippen LogP contribution is 2.15. The first-order valence-corrected chi connectivity index (χ1v) is 7.64. The highest BCUT2D eigenvalue weighted by molar-refractivity contribution is 5.82. The molecular weight excluding hydrogens is 306 g/mol. The van der Waals surface area contributed by atoms with Crippen molar-refractivity contribution in [2.75, 3.05) is 6.54 Å². The van der Waals surface area contributed by atoms with E-state index in [0.717, 1.165) is 0 Å². The summed E-state index contributed by atoms with van der Waals surface area (Å²) in [6, 6.07) is 17.7. The summed E-state index contributed by atoms with van der Waals surface area (Å²) in [6.07, 6.45) is -1.04. The highest BCUT2D eigenvalue weighted by atomic mass is 16.8. The van der Waals surface area contributed by atoms with Crippen molar-refractivity contribution in [3.63, 3.8) is 0 Å². The molecule has 0 bridgehead atoms. The molecule has 5 heteroatoms. The van der Waals surface area contributed by atoms with Crippen molar-refractivity contribution in [2.24, 2.45) is 10.4 Å². The van der Waals surface area contributed by atoms with Crippen LogP contribution < -0.4 is 9.47 Å². The predicted molar refractivity (Wildman–Crippen MR) is 92.4 cm³/mol. The molecule has 0 aliphatic carbocycles. The minimum atomic E-state index is -0.898. The molecule has 0 amide bonds. The number of benzene rings is 2. The van der Waals surface area contributed by atoms with E-state index in [9.17, 15) is 4.79 Å². The summed E-state index contributed by atoms with van der Waals surface area (Å²) in [5.74, 6) is 0.912. The van der Waals surface area contributed by atoms with Gasteiger partial charge in [-0.1, -0.05) is 57.2 Å². The van der Waals surface area contributed by atoms with Crippen molar-refractivity contribution in [3.8, 4) is 11.5 Å². The average molecular weight is 327 g/mol. The van der Waals surface area contributed by atoms with E-state index < -0.39 is 6.16 Å². The molecule has 0 N–H and O–H groups in total. The van der Waals surface area contributed by atoms with Crippen molar-refractivity contribution in [1.82, 2.24) is 0 Å². The van der Waals surface area contributed by atoms with Crippen LogP contribution in [0.15, 0.2) is 65.7 Å². The maximum absolute atomic E-state index is 11.9. The van der Waals surface area contributed by atoms with Crippen LogP contribution in [-0.2, 0) is 4.74 Å². The van der Waals surface area contributed by atoms with Crippen LogP contribution in [0.5, 0.6) is 11.5 Å². The molecule has 0 aromatic heterocycles. The van der Waals surface area contributed by atoms with Crippen LogP contribution in [0, 0.1) is 5.41 Å². The van der Waals surface area contributed by atoms with Crippen molar-refractivity contribution in [2.45, 2.75) is 20.8 Å². The number of ether oxygens (including phenoxy) is 3. The van der Waals surface area contributed by atoms with Gasteiger partial charge in [0.2, 0.25) is 0 Å². The molecule has 0 unspecified atom stereocenters. The van der Waals surface area contributed by atoms with Gasteiger partial charge in [-0.05, 0) is 29.7 Å². The quantitative estimate of drug-likeness (QED) is 0.355. The van der Waals surface area contributed by atoms with Gasteiger partial charge in [-0.3, -0.25) is 0 Å². The number of nitrogens with zero attached hydrogens (tertiary/aromatic N) is 1. The SMILES string of the molecule is CC(C)(C)CN=C(OC(=O)Oc1ccccc1)Oc1ccccc1. The highest BCUT2D eigenvalue weighted by Gasteiger charge is 2.16. The standard InChI is InChI=1S/C19H21NO4/c1-19(2,3)14-20-17(22-15-10-6-4-7-11-15)24-18(21)23-16-12-8-5-9-13-16/h4-13H,14H2,1-3H3. The van der Waals surface area contributed by atoms with E-state index in [0.29, 0.717) is 18.0 Å². The monoisotopic (exact) mass is 327 g/mol. The van der Waals surface area contributed by atoms with E-state index in [-0.39, 0.29) is 11.5 Å². The molecule has 0 fully saturated rings. The molecule has 126 valence electrons. The van der Waals surface area contributed by atoms with Gasteiger partial charge in [0, 0.05) is 0 Å². The van der Waals surface area contributed by atoms with Crippen LogP contribution in [0.4, 0.5) is 4.79 Å². The minimum Gasteiger partial charge on any atom is -0.411 e. The maximum atomic E-state index is 11.9. The van der Waals surface area contributed by atoms with Gasteiger partial charge in [-0.15, -0.1) is 0 Å². The number of aliphatic imine (C=N–C) groups is 1. The summed E-state index contributed by atoms with van der Waals surface area (Å²) in [6.45, 7) is 6.52. The Balaban J connectivity index is 2.06. The summed E-state index contributed by atoms with van der Waals surface area (Å²) in [5, 5.41) is 0. The second-order valence-corrected chi connectivity index (χ2v) is 6.33. The van der Waals surface area contributed by atoms with Crippen molar-refractivity contribution < 1.29 is 19.0 Å². The predicted octanol–water partition coefficient (Wildman–Crippen LogP) is 4.68. The molecule has 2 aromatic carbocycles. The summed E-state index contributed by atoms with van der Waals surface area (Å²) in [5.41, 5.74) is -0.0714. The molecule has 5 nitrogen and oxygen atoms in total. The van der Waals surface area contributed by atoms with Crippen molar-refractivity contribution >= 4 is 12.2 Å². The minimum absolute atomic E-state index is 0.0714. The number of carbonyl (C=O) groups is 1. The number of rotatable bonds is 3. The van der Waals surface area contributed by atoms with Crippen LogP contribution in [0.1, 0.15) is 20.8 Å². The second kappa shape index (κ2) is 8.15. The normalized spacial score (nSPS) is 11.7. The number of hydrogen-bond acceptors (Lipinski definition) is 5. The van der Waals surface area contributed by atoms with E-state index in [1.54, 1.807) is 36.4 Å². The van der Waals surface area contributed by atoms with E-state index in [1.165, 1.54) is 0 Å². The van der Waals surface area contributed by atoms with Crippen LogP contribution in [0.2, 0.25) is 0 Å². The fourth-order valence-corrected chi connectivity index (χ4v) is 1.65. The first-order valence-electron chi connectivity index (χ1n) is 7.64. The lowest BCUT2D eigenvalue weighted by atomic mass is 9.97. The molecule has 24 heavy (non-hydrogen) atoms. The van der Waals surface area contributed by atoms with Crippen molar-refractivity contribution in [3.05, 3.63) is 60.7 Å². The molecule has 0 aliphatic heterocycles. The molecule has 0 atom stereocenters. The Morgan fingerprint density at radius 2 is 1.38 bits per heavy atom. The van der Waals surface area contributed by atoms with E-state index in [1.807, 2.05) is 45.0 Å². The van der Waals surface area contributed by atoms with Gasteiger partial charge in [-0.2, -0.15) is 0 Å². The third-order valence-corrected chi connectivity index (χ3v) is 2.75. The fraction of sp³-hybridized carbons (Fsp3) is 0.263. The van der Waals surface area contributed by atoms with Crippen molar-refractivity contribution in [1.29, 1.82) is 0 Å². The summed E-state index contributed by atoms with van der Waals surface area (Å²) in [7, 11) is 0. The summed E-state index contributed by atoms with van der Waals surface area (Å²) >= 11 is 0. The van der Waals surface area contributed by atoms with E-state index in [4.69, 9.17) is 14.2 Å². The van der Waals surface area contributed by atoms with Gasteiger partial charge in [0.05, 0.1) is 6.54 Å². The van der Waals surface area contributed by atoms with Gasteiger partial charge in [-0.25, -0.2) is 9.79 Å². The molecule has 0 aliphatic rings. The van der Waals surface area contributed by atoms with Gasteiger partial charge in [0.25, 0.3) is 0 Å². The molecule has 0 heterocycles. The fourth-order valence-electron chi connectivity index (χ4n) is 1.65. The van der Waals surface area contributed by atoms with Crippen LogP contribution >= 0.6 is 0 Å². The second-order valence-electron chi connectivity index (χ2n) is 6.33. The summed E-state index contributed by atoms with van der Waals surface area (Å²) in [4.78, 5) is 16.2. The van der Waals surface area contributed by atoms with Gasteiger partial charge >= 0.3 is 12.2 Å². The lowest BCUT2D eigenvalue weighted by Gasteiger charge is -2.15. The zero-order valence-corrected chi connectivity index (χ0v) is 14.1. The maximum Gasteiger partial charge on any atom is 0.522 e. The zero-order chi connectivity index (χ0) is 17.4. The number of carbonyl (C=O) groups excluding carboxylic acids is 1. The number of hydrogen-bond donors (Lipinski definition) is 0. The van der Waals surface area contributed by atoms with Gasteiger partial charge in [0.15, 0.2) is 0 Å². The topological polar surface area (TPSA) is 57.1 Å². The Hall–Kier alpha value is -2.82. The van der Waals surface area contributed by atoms with Crippen LogP contribution in [-0.4, -0.2) is 18.8 Å². The Kier molecular flexibility index (Phi) is 5.95. The Labute approximate surface area is 141 Å². The van der Waals surface area contributed by atoms with E-state index in [2.05, 4.69) is 4.99 Å². The molecule has 0 saturated carbocycles. The molecule has 2 rings (SSSR count). The first kappa shape index (κ1) is 17.5. The molecule has 0 radical (unpaired) electrons. The smallest absolute Gasteiger partial charge is 0.411 e. The van der Waals surface area contributed by atoms with Crippen LogP contribution in [0.25, 0.3) is 0 Å². The summed E-state index contributed by atoms with van der Waals surface area (Å²) < 4.78 is 15.8. The Morgan fingerprint density at radius 3 is 1.88 bits per heavy atom. The molecular formula is C19H21NO4. The lowest BCUT2D eigenvalue weighted by Crippen LogP contribution is -2.23.